The van der Waals surface area contributed by atoms with Crippen LogP contribution in [0, 0.1) is 5.92 Å². The van der Waals surface area contributed by atoms with E-state index in [4.69, 9.17) is 0 Å². The van der Waals surface area contributed by atoms with Gasteiger partial charge in [-0.3, -0.25) is 14.5 Å². The Balaban J connectivity index is 1.65. The Hall–Kier alpha value is -1.88. The fraction of sp³-hybridized carbons (Fsp3) is 0.600. The van der Waals surface area contributed by atoms with E-state index >= 15 is 0 Å². The molecule has 0 aromatic heterocycles. The summed E-state index contributed by atoms with van der Waals surface area (Å²) < 4.78 is 0. The van der Waals surface area contributed by atoms with Crippen molar-refractivity contribution in [2.24, 2.45) is 5.92 Å². The van der Waals surface area contributed by atoms with Gasteiger partial charge >= 0.3 is 0 Å². The molecule has 1 aromatic carbocycles. The van der Waals surface area contributed by atoms with Crippen LogP contribution in [0.3, 0.4) is 0 Å². The van der Waals surface area contributed by atoms with E-state index in [0.717, 1.165) is 26.1 Å². The average molecular weight is 343 g/mol. The molecule has 2 fully saturated rings. The van der Waals surface area contributed by atoms with Crippen LogP contribution >= 0.6 is 0 Å². The zero-order valence-electron chi connectivity index (χ0n) is 15.1. The summed E-state index contributed by atoms with van der Waals surface area (Å²) >= 11 is 0. The van der Waals surface area contributed by atoms with Gasteiger partial charge in [0.1, 0.15) is 0 Å². The molecule has 0 spiro atoms. The van der Waals surface area contributed by atoms with E-state index in [1.165, 1.54) is 18.4 Å². The zero-order valence-corrected chi connectivity index (χ0v) is 15.1. The van der Waals surface area contributed by atoms with Gasteiger partial charge in [-0.1, -0.05) is 37.3 Å². The van der Waals surface area contributed by atoms with E-state index in [1.54, 1.807) is 0 Å². The van der Waals surface area contributed by atoms with E-state index in [2.05, 4.69) is 29.3 Å². The third-order valence-corrected chi connectivity index (χ3v) is 5.06. The van der Waals surface area contributed by atoms with Crippen LogP contribution in [0.4, 0.5) is 0 Å². The highest BCUT2D eigenvalue weighted by molar-refractivity contribution is 5.88. The molecule has 1 saturated heterocycles. The largest absolute Gasteiger partial charge is 0.353 e. The molecule has 0 bridgehead atoms. The summed E-state index contributed by atoms with van der Waals surface area (Å²) in [5.41, 5.74) is 1.18. The van der Waals surface area contributed by atoms with Crippen molar-refractivity contribution in [1.82, 2.24) is 15.1 Å². The first kappa shape index (κ1) is 17.9. The molecule has 25 heavy (non-hydrogen) atoms. The molecule has 1 atom stereocenters. The fourth-order valence-corrected chi connectivity index (χ4v) is 3.49. The van der Waals surface area contributed by atoms with Gasteiger partial charge in [-0.25, -0.2) is 0 Å². The molecule has 1 heterocycles. The monoisotopic (exact) mass is 343 g/mol. The van der Waals surface area contributed by atoms with Gasteiger partial charge in [-0.15, -0.1) is 0 Å². The predicted molar refractivity (Wildman–Crippen MR) is 97.9 cm³/mol. The molecule has 2 aliphatic rings. The summed E-state index contributed by atoms with van der Waals surface area (Å²) in [6.45, 7) is 5.90. The van der Waals surface area contributed by atoms with E-state index in [1.807, 2.05) is 23.1 Å². The molecule has 5 nitrogen and oxygen atoms in total. The Labute approximate surface area is 150 Å². The molecule has 5 heteroatoms. The lowest BCUT2D eigenvalue weighted by Gasteiger charge is -2.36. The van der Waals surface area contributed by atoms with Crippen molar-refractivity contribution in [2.75, 3.05) is 26.2 Å². The quantitative estimate of drug-likeness (QED) is 0.786. The number of carbonyl (C=O) groups excluding carboxylic acids is 2. The first-order chi connectivity index (χ1) is 12.2. The Bertz CT molecular complexity index is 586. The van der Waals surface area contributed by atoms with E-state index < -0.39 is 0 Å². The van der Waals surface area contributed by atoms with Gasteiger partial charge in [0.2, 0.25) is 11.8 Å². The summed E-state index contributed by atoms with van der Waals surface area (Å²) in [6.07, 6.45) is 3.71. The third kappa shape index (κ3) is 5.05. The summed E-state index contributed by atoms with van der Waals surface area (Å²) in [5, 5.41) is 2.93. The number of amides is 2. The Morgan fingerprint density at radius 2 is 2.04 bits per heavy atom. The van der Waals surface area contributed by atoms with Crippen LogP contribution in [-0.2, 0) is 16.1 Å². The minimum Gasteiger partial charge on any atom is -0.353 e. The average Bonchev–Trinajstić information content (AvgIpc) is 3.42. The Kier molecular flexibility index (Phi) is 6.08. The number of piperazine rings is 1. The molecule has 0 unspecified atom stereocenters. The van der Waals surface area contributed by atoms with Gasteiger partial charge < -0.3 is 10.2 Å². The van der Waals surface area contributed by atoms with Gasteiger partial charge in [0.25, 0.3) is 0 Å². The van der Waals surface area contributed by atoms with Crippen LogP contribution < -0.4 is 5.32 Å². The number of benzene rings is 1. The number of hydrogen-bond donors (Lipinski definition) is 1. The SMILES string of the molecule is CCCN(CC1CC1)C(=O)C[C@H]1C(=O)NCCN1Cc1ccccc1. The van der Waals surface area contributed by atoms with Crippen molar-refractivity contribution in [3.05, 3.63) is 35.9 Å². The van der Waals surface area contributed by atoms with E-state index in [9.17, 15) is 9.59 Å². The van der Waals surface area contributed by atoms with Crippen molar-refractivity contribution in [3.63, 3.8) is 0 Å². The second-order valence-electron chi connectivity index (χ2n) is 7.25. The standard InChI is InChI=1S/C20H29N3O2/c1-2-11-23(15-17-8-9-17)19(24)13-18-20(25)21-10-12-22(18)14-16-6-4-3-5-7-16/h3-7,17-18H,2,8-15H2,1H3,(H,21,25)/t18-/m0/s1. The normalized spacial score (nSPS) is 21.0. The molecule has 1 aromatic rings. The molecule has 3 rings (SSSR count). The molecule has 0 radical (unpaired) electrons. The molecule has 2 amide bonds. The molecular formula is C20H29N3O2. The van der Waals surface area contributed by atoms with Crippen LogP contribution in [0.2, 0.25) is 0 Å². The molecule has 1 aliphatic carbocycles. The number of rotatable bonds is 8. The molecule has 136 valence electrons. The van der Waals surface area contributed by atoms with Crippen molar-refractivity contribution in [1.29, 1.82) is 0 Å². The van der Waals surface area contributed by atoms with E-state index in [-0.39, 0.29) is 24.3 Å². The molecule has 1 aliphatic heterocycles. The Morgan fingerprint density at radius 3 is 2.72 bits per heavy atom. The number of nitrogens with zero attached hydrogens (tertiary/aromatic N) is 2. The van der Waals surface area contributed by atoms with Crippen LogP contribution in [0.25, 0.3) is 0 Å². The lowest BCUT2D eigenvalue weighted by Crippen LogP contribution is -2.56. The fourth-order valence-electron chi connectivity index (χ4n) is 3.49. The first-order valence-electron chi connectivity index (χ1n) is 9.51. The van der Waals surface area contributed by atoms with Gasteiger partial charge in [0, 0.05) is 32.7 Å². The van der Waals surface area contributed by atoms with Crippen molar-refractivity contribution >= 4 is 11.8 Å². The van der Waals surface area contributed by atoms with Crippen molar-refractivity contribution < 1.29 is 9.59 Å². The van der Waals surface area contributed by atoms with Crippen molar-refractivity contribution in [2.45, 2.75) is 45.2 Å². The minimum atomic E-state index is -0.361. The van der Waals surface area contributed by atoms with E-state index in [0.29, 0.717) is 19.0 Å². The highest BCUT2D eigenvalue weighted by Gasteiger charge is 2.34. The van der Waals surface area contributed by atoms with Gasteiger partial charge in [0.15, 0.2) is 0 Å². The molecule has 1 saturated carbocycles. The maximum Gasteiger partial charge on any atom is 0.237 e. The summed E-state index contributed by atoms with van der Waals surface area (Å²) in [6, 6.07) is 9.80. The first-order valence-corrected chi connectivity index (χ1v) is 9.51. The smallest absolute Gasteiger partial charge is 0.237 e. The highest BCUT2D eigenvalue weighted by atomic mass is 16.2. The van der Waals surface area contributed by atoms with Gasteiger partial charge in [-0.2, -0.15) is 0 Å². The van der Waals surface area contributed by atoms with Gasteiger partial charge in [-0.05, 0) is 30.7 Å². The second kappa shape index (κ2) is 8.48. The number of nitrogens with one attached hydrogen (secondary N) is 1. The van der Waals surface area contributed by atoms with Crippen LogP contribution in [0.5, 0.6) is 0 Å². The van der Waals surface area contributed by atoms with Gasteiger partial charge in [0.05, 0.1) is 12.5 Å². The highest BCUT2D eigenvalue weighted by Crippen LogP contribution is 2.30. The summed E-state index contributed by atoms with van der Waals surface area (Å²) in [5.74, 6) is 0.781. The molecule has 1 N–H and O–H groups in total. The Morgan fingerprint density at radius 1 is 1.28 bits per heavy atom. The molecular weight excluding hydrogens is 314 g/mol. The topological polar surface area (TPSA) is 52.7 Å². The zero-order chi connectivity index (χ0) is 17.6. The predicted octanol–water partition coefficient (Wildman–Crippen LogP) is 2.03. The van der Waals surface area contributed by atoms with Crippen LogP contribution in [-0.4, -0.2) is 53.8 Å². The maximum absolute atomic E-state index is 12.8. The van der Waals surface area contributed by atoms with Crippen LogP contribution in [0.15, 0.2) is 30.3 Å². The van der Waals surface area contributed by atoms with Crippen LogP contribution in [0.1, 0.15) is 38.2 Å². The summed E-state index contributed by atoms with van der Waals surface area (Å²) in [7, 11) is 0. The third-order valence-electron chi connectivity index (χ3n) is 5.06. The summed E-state index contributed by atoms with van der Waals surface area (Å²) in [4.78, 5) is 29.4. The number of hydrogen-bond acceptors (Lipinski definition) is 3. The lowest BCUT2D eigenvalue weighted by molar-refractivity contribution is -0.139. The van der Waals surface area contributed by atoms with Crippen molar-refractivity contribution in [3.8, 4) is 0 Å². The minimum absolute atomic E-state index is 0.0154. The number of carbonyl (C=O) groups is 2. The maximum atomic E-state index is 12.8. The lowest BCUT2D eigenvalue weighted by atomic mass is 10.1. The second-order valence-corrected chi connectivity index (χ2v) is 7.25.